The van der Waals surface area contributed by atoms with Crippen LogP contribution in [0.1, 0.15) is 161 Å². The van der Waals surface area contributed by atoms with Gasteiger partial charge in [-0.2, -0.15) is 0 Å². The minimum Gasteiger partial charge on any atom is -0.507 e. The number of phenols is 2. The third-order valence-corrected chi connectivity index (χ3v) is 17.8. The second-order valence-electron chi connectivity index (χ2n) is 24.8. The van der Waals surface area contributed by atoms with Gasteiger partial charge in [-0.3, -0.25) is 57.5 Å². The molecule has 7 rings (SSSR count). The molecule has 0 bridgehead atoms. The molecule has 2 aromatic carbocycles. The third-order valence-electron chi connectivity index (χ3n) is 17.8. The van der Waals surface area contributed by atoms with E-state index in [2.05, 4.69) is 37.2 Å². The van der Waals surface area contributed by atoms with Gasteiger partial charge in [0.15, 0.2) is 17.9 Å². The van der Waals surface area contributed by atoms with Crippen molar-refractivity contribution in [3.63, 3.8) is 0 Å². The number of aliphatic hydroxyl groups is 5. The average Bonchev–Trinajstić information content (AvgIpc) is 0.972. The molecule has 1 saturated carbocycles. The van der Waals surface area contributed by atoms with E-state index in [1.165, 1.54) is 51.0 Å². The number of Topliss-reactive ketones (excluding diaryl/α,β-unsaturated/α-hetero) is 1. The highest BCUT2D eigenvalue weighted by Crippen LogP contribution is 2.52. The highest BCUT2D eigenvalue weighted by Gasteiger charge is 2.51. The van der Waals surface area contributed by atoms with Crippen molar-refractivity contribution in [1.29, 1.82) is 0 Å². The van der Waals surface area contributed by atoms with Gasteiger partial charge in [-0.15, -0.1) is 0 Å². The number of likely N-dealkylation sites (tertiary alicyclic amines) is 1. The molecular weight excluding hydrogens is 1220 g/mol. The number of amides is 9. The number of primary amides is 1. The maximum Gasteiger partial charge on any atom is 0.245 e. The first-order valence-electron chi connectivity index (χ1n) is 31.1. The molecule has 13 atom stereocenters. The molecule has 3 aliphatic carbocycles. The zero-order chi connectivity index (χ0) is 68.5. The molecule has 510 valence electrons. The van der Waals surface area contributed by atoms with Gasteiger partial charge in [0.1, 0.15) is 77.9 Å². The second-order valence-corrected chi connectivity index (χ2v) is 24.8. The molecule has 0 radical (unpaired) electrons. The van der Waals surface area contributed by atoms with Gasteiger partial charge >= 0.3 is 0 Å². The number of fused-ring (bicyclic) bond motifs is 3. The van der Waals surface area contributed by atoms with Gasteiger partial charge in [-0.25, -0.2) is 0 Å². The fourth-order valence-corrected chi connectivity index (χ4v) is 12.8. The van der Waals surface area contributed by atoms with Crippen LogP contribution >= 0.6 is 0 Å². The number of benzene rings is 2. The van der Waals surface area contributed by atoms with E-state index in [4.69, 9.17) is 19.9 Å². The molecule has 2 heterocycles. The van der Waals surface area contributed by atoms with Crippen LogP contribution in [0.25, 0.3) is 0 Å². The van der Waals surface area contributed by atoms with Crippen molar-refractivity contribution in [1.82, 2.24) is 42.1 Å². The van der Waals surface area contributed by atoms with Crippen LogP contribution in [-0.2, 0) is 63.8 Å². The summed E-state index contributed by atoms with van der Waals surface area (Å²) in [5.41, 5.74) is 0.631. The molecule has 31 heteroatoms. The van der Waals surface area contributed by atoms with E-state index in [1.54, 1.807) is 13.8 Å². The first-order valence-corrected chi connectivity index (χ1v) is 31.1. The highest BCUT2D eigenvalue weighted by molar-refractivity contribution is 6.31. The van der Waals surface area contributed by atoms with E-state index < -0.39 is 224 Å². The van der Waals surface area contributed by atoms with E-state index in [1.807, 2.05) is 0 Å². The number of carbonyl (C=O) groups excluding carboxylic acids is 12. The fraction of sp³-hybridized carbons (Fsp3) is 0.613. The minimum atomic E-state index is -2.50. The molecule has 31 nitrogen and oxygen atoms in total. The van der Waals surface area contributed by atoms with E-state index in [0.717, 1.165) is 6.42 Å². The third kappa shape index (κ3) is 16.4. The lowest BCUT2D eigenvalue weighted by atomic mass is 9.72. The van der Waals surface area contributed by atoms with Crippen LogP contribution in [0, 0.1) is 11.8 Å². The van der Waals surface area contributed by atoms with Crippen molar-refractivity contribution in [2.45, 2.75) is 197 Å². The van der Waals surface area contributed by atoms with Gasteiger partial charge in [0.25, 0.3) is 0 Å². The number of nitrogens with one attached hydrogen (secondary N) is 7. The Morgan fingerprint density at radius 3 is 1.98 bits per heavy atom. The molecular formula is C62H85N9O22. The number of nitrogens with two attached hydrogens (primary N) is 1. The van der Waals surface area contributed by atoms with Gasteiger partial charge in [-0.05, 0) is 70.3 Å². The van der Waals surface area contributed by atoms with E-state index in [9.17, 15) is 93.3 Å². The first-order chi connectivity index (χ1) is 44.0. The summed E-state index contributed by atoms with van der Waals surface area (Å²) < 4.78 is 17.7. The van der Waals surface area contributed by atoms with Gasteiger partial charge in [0.05, 0.1) is 55.3 Å². The number of carbonyl (C=O) groups is 12. The summed E-state index contributed by atoms with van der Waals surface area (Å²) >= 11 is 0. The maximum atomic E-state index is 14.4. The summed E-state index contributed by atoms with van der Waals surface area (Å²) in [4.78, 5) is 164. The number of phenolic OH excluding ortho intramolecular Hbond substituents is 2. The van der Waals surface area contributed by atoms with Crippen LogP contribution in [0.2, 0.25) is 0 Å². The largest absolute Gasteiger partial charge is 0.507 e. The molecule has 0 aromatic heterocycles. The van der Waals surface area contributed by atoms with Crippen LogP contribution < -0.4 is 47.7 Å². The molecule has 5 unspecified atom stereocenters. The van der Waals surface area contributed by atoms with Crippen molar-refractivity contribution in [2.75, 3.05) is 33.5 Å². The van der Waals surface area contributed by atoms with Crippen molar-refractivity contribution in [3.8, 4) is 17.2 Å². The van der Waals surface area contributed by atoms with E-state index in [-0.39, 0.29) is 46.2 Å². The summed E-state index contributed by atoms with van der Waals surface area (Å²) in [7, 11) is 1.26. The second kappa shape index (κ2) is 31.2. The lowest BCUT2D eigenvalue weighted by Crippen LogP contribution is -2.62. The number of nitrogens with zero attached hydrogens (tertiary/aromatic N) is 1. The molecule has 93 heavy (non-hydrogen) atoms. The number of methoxy groups -OCH3 is 1. The van der Waals surface area contributed by atoms with E-state index >= 15 is 0 Å². The molecule has 2 aliphatic heterocycles. The number of hydrogen-bond donors (Lipinski definition) is 15. The van der Waals surface area contributed by atoms with Crippen LogP contribution in [0.15, 0.2) is 18.2 Å². The molecule has 2 saturated heterocycles. The minimum absolute atomic E-state index is 0.0188. The lowest BCUT2D eigenvalue weighted by Gasteiger charge is -2.43. The van der Waals surface area contributed by atoms with Crippen LogP contribution in [0.5, 0.6) is 17.2 Å². The van der Waals surface area contributed by atoms with Crippen molar-refractivity contribution >= 4 is 70.5 Å². The fourth-order valence-electron chi connectivity index (χ4n) is 12.8. The number of ether oxygens (including phenoxy) is 3. The summed E-state index contributed by atoms with van der Waals surface area (Å²) in [5.74, 6) is -13.3. The Hall–Kier alpha value is -8.20. The SMILES string of the molecule is COc1cccc2c1C(=O)c1c(O)c3c(c(O)c1C2=O)C[C@@](O)(C(=O)CO)C[C@@H]3OC1CC(NC(=O)[C@H](CC(C)C)NC(=O)[C@H](CO)NC(=O)[C@@H](CCC(N)=O)NC(=O)[C@@H](NC(=O)[C@H](CO)NC(=O)[C@H](C)NC(=O)C2CCCN2C(C)=O)C2CCCCC2)C(O)C(C)O1. The molecule has 16 N–H and O–H groups in total. The van der Waals surface area contributed by atoms with Gasteiger partial charge in [-0.1, -0.05) is 45.2 Å². The molecule has 3 fully saturated rings. The number of hydrogen-bond acceptors (Lipinski definition) is 22. The smallest absolute Gasteiger partial charge is 0.245 e. The standard InChI is InChI=1S/C62H85N9O22/c1-27(2)20-36(57(85)66-35-21-44(92-29(4)50(35)78)93-41-23-62(90,42(76)26-74)22-33-46(41)54(82)48-47(52(33)80)51(79)32-14-10-16-40(91-6)45(32)53(48)81)67-58(86)37(24-72)69-56(84)34(17-18-43(63)77)65-61(89)49(31-12-8-7-9-13-31)70-59(87)38(25-73)68-55(83)28(3)64-60(88)39-15-11-19-71(39)30(5)75/h10,14,16,27-29,31,34-39,41,44,49-50,72-74,78,80,82,90H,7-9,11-13,15,17-26H2,1-6H3,(H2,63,77)(H,64,88)(H,65,89)(H,66,85)(H,67,86)(H,68,83)(H,69,84)(H,70,87)/t28-,29?,34+,35?,36-,37-,38-,39?,41-,44?,49-,50?,62-/m0/s1. The van der Waals surface area contributed by atoms with Gasteiger partial charge < -0.3 is 97.8 Å². The van der Waals surface area contributed by atoms with E-state index in [0.29, 0.717) is 45.1 Å². The highest BCUT2D eigenvalue weighted by atomic mass is 16.7. The Kier molecular flexibility index (Phi) is 24.2. The molecule has 9 amide bonds. The lowest BCUT2D eigenvalue weighted by molar-refractivity contribution is -0.249. The van der Waals surface area contributed by atoms with Crippen LogP contribution in [0.3, 0.4) is 0 Å². The Morgan fingerprint density at radius 2 is 1.37 bits per heavy atom. The molecule has 0 spiro atoms. The Morgan fingerprint density at radius 1 is 0.753 bits per heavy atom. The zero-order valence-electron chi connectivity index (χ0n) is 52.6. The number of ketones is 3. The monoisotopic (exact) mass is 1310 g/mol. The first kappa shape index (κ1) is 72.2. The number of rotatable bonds is 27. The Balaban J connectivity index is 1.04. The van der Waals surface area contributed by atoms with Gasteiger partial charge in [0.2, 0.25) is 58.9 Å². The predicted molar refractivity (Wildman–Crippen MR) is 322 cm³/mol. The van der Waals surface area contributed by atoms with Crippen molar-refractivity contribution in [3.05, 3.63) is 51.6 Å². The number of aliphatic hydroxyl groups excluding tert-OH is 4. The number of aromatic hydroxyl groups is 2. The topological polar surface area (TPSA) is 488 Å². The normalized spacial score (nSPS) is 23.8. The van der Waals surface area contributed by atoms with Crippen molar-refractivity contribution < 1.29 is 107 Å². The Bertz CT molecular complexity index is 3230. The molecule has 2 aromatic rings. The summed E-state index contributed by atoms with van der Waals surface area (Å²) in [6.45, 7) is 4.62. The molecule has 5 aliphatic rings. The summed E-state index contributed by atoms with van der Waals surface area (Å²) in [6.07, 6.45) is -4.85. The summed E-state index contributed by atoms with van der Waals surface area (Å²) in [5, 5.41) is 95.4. The van der Waals surface area contributed by atoms with Crippen LogP contribution in [0.4, 0.5) is 0 Å². The maximum absolute atomic E-state index is 14.4. The van der Waals surface area contributed by atoms with Crippen molar-refractivity contribution in [2.24, 2.45) is 17.6 Å². The quantitative estimate of drug-likeness (QED) is 0.0338. The summed E-state index contributed by atoms with van der Waals surface area (Å²) in [6, 6.07) is -7.17. The predicted octanol–water partition coefficient (Wildman–Crippen LogP) is -3.03. The van der Waals surface area contributed by atoms with Gasteiger partial charge in [0, 0.05) is 55.8 Å². The average molecular weight is 1310 g/mol. The van der Waals surface area contributed by atoms with Crippen LogP contribution in [-0.4, -0.2) is 217 Å². The zero-order valence-corrected chi connectivity index (χ0v) is 52.6. The Labute approximate surface area is 534 Å².